The van der Waals surface area contributed by atoms with Gasteiger partial charge < -0.3 is 15.5 Å². The summed E-state index contributed by atoms with van der Waals surface area (Å²) in [5.74, 6) is 0.0835. The molecule has 1 aromatic rings. The highest BCUT2D eigenvalue weighted by Crippen LogP contribution is 2.25. The van der Waals surface area contributed by atoms with Crippen LogP contribution in [0.2, 0.25) is 0 Å². The maximum absolute atomic E-state index is 12.3. The van der Waals surface area contributed by atoms with E-state index in [-0.39, 0.29) is 30.2 Å². The molecule has 110 valence electrons. The van der Waals surface area contributed by atoms with Gasteiger partial charge in [0.1, 0.15) is 5.75 Å². The summed E-state index contributed by atoms with van der Waals surface area (Å²) in [7, 11) is 0. The van der Waals surface area contributed by atoms with Gasteiger partial charge in [-0.05, 0) is 49.3 Å². The Morgan fingerprint density at radius 1 is 1.40 bits per heavy atom. The molecule has 1 aliphatic carbocycles. The van der Waals surface area contributed by atoms with Gasteiger partial charge in [-0.15, -0.1) is 0 Å². The van der Waals surface area contributed by atoms with Crippen molar-refractivity contribution >= 4 is 5.91 Å². The highest BCUT2D eigenvalue weighted by molar-refractivity contribution is 5.97. The number of rotatable bonds is 4. The van der Waals surface area contributed by atoms with E-state index in [4.69, 9.17) is 0 Å². The lowest BCUT2D eigenvalue weighted by Crippen LogP contribution is -2.39. The zero-order valence-corrected chi connectivity index (χ0v) is 11.9. The van der Waals surface area contributed by atoms with Gasteiger partial charge in [0, 0.05) is 12.6 Å². The van der Waals surface area contributed by atoms with Crippen LogP contribution in [0.15, 0.2) is 18.2 Å². The van der Waals surface area contributed by atoms with Crippen LogP contribution in [0.4, 0.5) is 0 Å². The van der Waals surface area contributed by atoms with Crippen LogP contribution in [0, 0.1) is 5.92 Å². The molecule has 0 aromatic heterocycles. The number of aromatic hydroxyl groups is 1. The van der Waals surface area contributed by atoms with Crippen LogP contribution in [-0.4, -0.2) is 28.8 Å². The number of aryl methyl sites for hydroxylation is 1. The Balaban J connectivity index is 2.04. The predicted octanol–water partition coefficient (Wildman–Crippen LogP) is 2.24. The number of aliphatic hydroxyl groups is 1. The molecule has 0 unspecified atom stereocenters. The average molecular weight is 277 g/mol. The number of phenols is 1. The number of phenolic OH excluding ortho intramolecular Hbond substituents is 1. The van der Waals surface area contributed by atoms with Gasteiger partial charge in [0.2, 0.25) is 0 Å². The fraction of sp³-hybridized carbons (Fsp3) is 0.562. The second-order valence-electron chi connectivity index (χ2n) is 5.59. The van der Waals surface area contributed by atoms with Crippen LogP contribution in [0.25, 0.3) is 0 Å². The Labute approximate surface area is 119 Å². The second kappa shape index (κ2) is 6.75. The summed E-state index contributed by atoms with van der Waals surface area (Å²) in [6.07, 6.45) is 4.64. The van der Waals surface area contributed by atoms with Crippen LogP contribution in [0.3, 0.4) is 0 Å². The molecule has 20 heavy (non-hydrogen) atoms. The van der Waals surface area contributed by atoms with E-state index in [9.17, 15) is 15.0 Å². The molecule has 3 N–H and O–H groups in total. The number of amides is 1. The van der Waals surface area contributed by atoms with Crippen molar-refractivity contribution in [3.05, 3.63) is 29.3 Å². The van der Waals surface area contributed by atoms with Crippen molar-refractivity contribution in [3.8, 4) is 5.75 Å². The molecule has 2 atom stereocenters. The standard InChI is InChI=1S/C16H23NO3/c1-2-11-6-7-15(19)14(9-11)16(20)17-13-5-3-4-12(8-13)10-18/h6-7,9,12-13,18-19H,2-5,8,10H2,1H3,(H,17,20)/t12-,13+/m0/s1. The Morgan fingerprint density at radius 3 is 2.90 bits per heavy atom. The largest absolute Gasteiger partial charge is 0.507 e. The number of nitrogens with one attached hydrogen (secondary N) is 1. The summed E-state index contributed by atoms with van der Waals surface area (Å²) < 4.78 is 0. The van der Waals surface area contributed by atoms with E-state index in [1.54, 1.807) is 12.1 Å². The molecule has 1 saturated carbocycles. The number of aliphatic hydroxyl groups excluding tert-OH is 1. The minimum Gasteiger partial charge on any atom is -0.507 e. The molecular weight excluding hydrogens is 254 g/mol. The molecule has 4 nitrogen and oxygen atoms in total. The van der Waals surface area contributed by atoms with E-state index < -0.39 is 0 Å². The van der Waals surface area contributed by atoms with Gasteiger partial charge in [-0.2, -0.15) is 0 Å². The molecular formula is C16H23NO3. The summed E-state index contributed by atoms with van der Waals surface area (Å²) in [6, 6.07) is 5.24. The van der Waals surface area contributed by atoms with Gasteiger partial charge in [-0.1, -0.05) is 19.4 Å². The fourth-order valence-electron chi connectivity index (χ4n) is 2.84. The summed E-state index contributed by atoms with van der Waals surface area (Å²) in [6.45, 7) is 2.20. The fourth-order valence-corrected chi connectivity index (χ4v) is 2.84. The molecule has 1 fully saturated rings. The molecule has 1 aliphatic rings. The first kappa shape index (κ1) is 14.9. The van der Waals surface area contributed by atoms with E-state index in [0.717, 1.165) is 37.7 Å². The Hall–Kier alpha value is -1.55. The van der Waals surface area contributed by atoms with Crippen LogP contribution < -0.4 is 5.32 Å². The predicted molar refractivity (Wildman–Crippen MR) is 77.8 cm³/mol. The average Bonchev–Trinajstić information content (AvgIpc) is 2.47. The molecule has 0 saturated heterocycles. The van der Waals surface area contributed by atoms with Crippen LogP contribution in [0.5, 0.6) is 5.75 Å². The normalized spacial score (nSPS) is 22.5. The van der Waals surface area contributed by atoms with Gasteiger partial charge in [0.25, 0.3) is 5.91 Å². The SMILES string of the molecule is CCc1ccc(O)c(C(=O)N[C@@H]2CCC[C@H](CO)C2)c1. The molecule has 0 spiro atoms. The van der Waals surface area contributed by atoms with Gasteiger partial charge in [0.15, 0.2) is 0 Å². The first-order valence-corrected chi connectivity index (χ1v) is 7.37. The molecule has 1 amide bonds. The van der Waals surface area contributed by atoms with Crippen LogP contribution >= 0.6 is 0 Å². The van der Waals surface area contributed by atoms with Crippen LogP contribution in [0.1, 0.15) is 48.5 Å². The van der Waals surface area contributed by atoms with Crippen molar-refractivity contribution in [2.45, 2.75) is 45.1 Å². The summed E-state index contributed by atoms with van der Waals surface area (Å²) in [5.41, 5.74) is 1.38. The van der Waals surface area contributed by atoms with Gasteiger partial charge in [0.05, 0.1) is 5.56 Å². The monoisotopic (exact) mass is 277 g/mol. The number of carbonyl (C=O) groups is 1. The van der Waals surface area contributed by atoms with Crippen molar-refractivity contribution in [2.24, 2.45) is 5.92 Å². The Kier molecular flexibility index (Phi) is 5.01. The van der Waals surface area contributed by atoms with E-state index >= 15 is 0 Å². The minimum absolute atomic E-state index is 0.0224. The number of hydrogen-bond donors (Lipinski definition) is 3. The van der Waals surface area contributed by atoms with Crippen LogP contribution in [-0.2, 0) is 6.42 Å². The Bertz CT molecular complexity index is 473. The van der Waals surface area contributed by atoms with E-state index in [1.807, 2.05) is 13.0 Å². The molecule has 0 radical (unpaired) electrons. The molecule has 0 bridgehead atoms. The lowest BCUT2D eigenvalue weighted by molar-refractivity contribution is 0.0903. The Morgan fingerprint density at radius 2 is 2.20 bits per heavy atom. The van der Waals surface area contributed by atoms with Crippen molar-refractivity contribution in [2.75, 3.05) is 6.61 Å². The third-order valence-electron chi connectivity index (χ3n) is 4.09. The van der Waals surface area contributed by atoms with Crippen molar-refractivity contribution in [1.29, 1.82) is 0 Å². The van der Waals surface area contributed by atoms with Gasteiger partial charge in [-0.3, -0.25) is 4.79 Å². The topological polar surface area (TPSA) is 69.6 Å². The highest BCUT2D eigenvalue weighted by Gasteiger charge is 2.24. The summed E-state index contributed by atoms with van der Waals surface area (Å²) in [4.78, 5) is 12.3. The maximum atomic E-state index is 12.3. The zero-order valence-electron chi connectivity index (χ0n) is 11.9. The third-order valence-corrected chi connectivity index (χ3v) is 4.09. The molecule has 2 rings (SSSR count). The number of carbonyl (C=O) groups excluding carboxylic acids is 1. The first-order valence-electron chi connectivity index (χ1n) is 7.37. The minimum atomic E-state index is -0.221. The molecule has 0 aliphatic heterocycles. The zero-order chi connectivity index (χ0) is 14.5. The molecule has 0 heterocycles. The first-order chi connectivity index (χ1) is 9.63. The second-order valence-corrected chi connectivity index (χ2v) is 5.59. The van der Waals surface area contributed by atoms with E-state index in [1.165, 1.54) is 0 Å². The van der Waals surface area contributed by atoms with Crippen molar-refractivity contribution < 1.29 is 15.0 Å². The summed E-state index contributed by atoms with van der Waals surface area (Å²) >= 11 is 0. The van der Waals surface area contributed by atoms with Crippen molar-refractivity contribution in [3.63, 3.8) is 0 Å². The van der Waals surface area contributed by atoms with Gasteiger partial charge in [-0.25, -0.2) is 0 Å². The lowest BCUT2D eigenvalue weighted by atomic mass is 9.86. The quantitative estimate of drug-likeness (QED) is 0.790. The van der Waals surface area contributed by atoms with E-state index in [2.05, 4.69) is 5.32 Å². The van der Waals surface area contributed by atoms with Gasteiger partial charge >= 0.3 is 0 Å². The molecule has 1 aromatic carbocycles. The lowest BCUT2D eigenvalue weighted by Gasteiger charge is -2.28. The van der Waals surface area contributed by atoms with Crippen molar-refractivity contribution in [1.82, 2.24) is 5.32 Å². The highest BCUT2D eigenvalue weighted by atomic mass is 16.3. The summed E-state index contributed by atoms with van der Waals surface area (Å²) in [5, 5.41) is 22.0. The smallest absolute Gasteiger partial charge is 0.255 e. The molecule has 4 heteroatoms. The number of hydrogen-bond acceptors (Lipinski definition) is 3. The maximum Gasteiger partial charge on any atom is 0.255 e. The van der Waals surface area contributed by atoms with E-state index in [0.29, 0.717) is 5.56 Å². The third kappa shape index (κ3) is 3.51. The number of benzene rings is 1.